The third-order valence-electron chi connectivity index (χ3n) is 6.52. The number of benzene rings is 3. The van der Waals surface area contributed by atoms with Gasteiger partial charge in [0.15, 0.2) is 0 Å². The van der Waals surface area contributed by atoms with Crippen LogP contribution in [0.1, 0.15) is 23.1 Å². The Labute approximate surface area is 190 Å². The fourth-order valence-electron chi connectivity index (χ4n) is 4.79. The van der Waals surface area contributed by atoms with E-state index < -0.39 is 10.0 Å². The number of sulfonamides is 1. The number of hydrogen-bond donors (Lipinski definition) is 1. The molecule has 32 heavy (non-hydrogen) atoms. The van der Waals surface area contributed by atoms with Crippen molar-refractivity contribution in [2.75, 3.05) is 13.1 Å². The van der Waals surface area contributed by atoms with E-state index in [2.05, 4.69) is 10.2 Å². The van der Waals surface area contributed by atoms with E-state index in [1.807, 2.05) is 72.8 Å². The Bertz CT molecular complexity index is 1090. The largest absolute Gasteiger partial charge is 0.311 e. The topological polar surface area (TPSA) is 52.7 Å². The van der Waals surface area contributed by atoms with Gasteiger partial charge in [-0.1, -0.05) is 72.8 Å². The quantitative estimate of drug-likeness (QED) is 0.573. The predicted molar refractivity (Wildman–Crippen MR) is 126 cm³/mol. The van der Waals surface area contributed by atoms with E-state index in [1.165, 1.54) is 6.42 Å². The number of likely N-dealkylation sites (tertiary alicyclic amines) is 1. The van der Waals surface area contributed by atoms with Crippen LogP contribution in [0.2, 0.25) is 0 Å². The second-order valence-electron chi connectivity index (χ2n) is 8.81. The predicted octanol–water partition coefficient (Wildman–Crippen LogP) is 3.62. The molecule has 2 bridgehead atoms. The van der Waals surface area contributed by atoms with Gasteiger partial charge in [-0.15, -0.1) is 0 Å². The van der Waals surface area contributed by atoms with E-state index >= 15 is 0 Å². The van der Waals surface area contributed by atoms with Crippen LogP contribution in [0.25, 0.3) is 0 Å². The van der Waals surface area contributed by atoms with Crippen molar-refractivity contribution in [2.24, 2.45) is 0 Å². The molecule has 2 aliphatic rings. The fourth-order valence-corrected chi connectivity index (χ4v) is 6.21. The summed E-state index contributed by atoms with van der Waals surface area (Å²) in [7, 11) is -3.64. The summed E-state index contributed by atoms with van der Waals surface area (Å²) in [5, 5.41) is 3.53. The fraction of sp³-hybridized carbons (Fsp3) is 0.308. The van der Waals surface area contributed by atoms with Gasteiger partial charge in [-0.3, -0.25) is 4.90 Å². The lowest BCUT2D eigenvalue weighted by Crippen LogP contribution is -2.42. The van der Waals surface area contributed by atoms with E-state index in [0.717, 1.165) is 36.3 Å². The van der Waals surface area contributed by atoms with E-state index in [-0.39, 0.29) is 0 Å². The molecule has 6 heteroatoms. The first kappa shape index (κ1) is 21.3. The molecular formula is C26H29N3O2S. The summed E-state index contributed by atoms with van der Waals surface area (Å²) in [4.78, 5) is 2.85. The normalized spacial score (nSPS) is 20.8. The van der Waals surface area contributed by atoms with E-state index in [1.54, 1.807) is 16.4 Å². The van der Waals surface area contributed by atoms with Crippen LogP contribution in [-0.2, 0) is 29.7 Å². The second-order valence-corrected chi connectivity index (χ2v) is 10.8. The molecule has 0 radical (unpaired) electrons. The van der Waals surface area contributed by atoms with Crippen molar-refractivity contribution in [3.8, 4) is 0 Å². The molecule has 3 aromatic carbocycles. The summed E-state index contributed by atoms with van der Waals surface area (Å²) in [6.07, 6.45) is 1.22. The molecule has 2 atom stereocenters. The number of nitrogens with zero attached hydrogens (tertiary/aromatic N) is 2. The van der Waals surface area contributed by atoms with Gasteiger partial charge in [0.1, 0.15) is 0 Å². The number of piperazine rings is 1. The van der Waals surface area contributed by atoms with Crippen LogP contribution in [0, 0.1) is 0 Å². The lowest BCUT2D eigenvalue weighted by Gasteiger charge is -2.27. The second kappa shape index (κ2) is 9.16. The van der Waals surface area contributed by atoms with Crippen molar-refractivity contribution in [3.05, 3.63) is 102 Å². The summed E-state index contributed by atoms with van der Waals surface area (Å²) in [6, 6.07) is 28.2. The highest BCUT2D eigenvalue weighted by molar-refractivity contribution is 7.89. The van der Waals surface area contributed by atoms with Gasteiger partial charge in [-0.25, -0.2) is 8.42 Å². The van der Waals surface area contributed by atoms with Crippen molar-refractivity contribution in [3.63, 3.8) is 0 Å². The molecule has 0 saturated carbocycles. The first-order valence-electron chi connectivity index (χ1n) is 11.2. The smallest absolute Gasteiger partial charge is 0.243 e. The molecule has 2 saturated heterocycles. The Morgan fingerprint density at radius 1 is 0.812 bits per heavy atom. The van der Waals surface area contributed by atoms with Crippen molar-refractivity contribution < 1.29 is 8.42 Å². The van der Waals surface area contributed by atoms with Crippen LogP contribution in [0.4, 0.5) is 0 Å². The summed E-state index contributed by atoms with van der Waals surface area (Å²) in [5.41, 5.74) is 3.11. The van der Waals surface area contributed by atoms with Crippen molar-refractivity contribution in [2.45, 2.75) is 43.0 Å². The zero-order valence-electron chi connectivity index (χ0n) is 18.1. The monoisotopic (exact) mass is 447 g/mol. The maximum Gasteiger partial charge on any atom is 0.243 e. The number of hydrogen-bond acceptors (Lipinski definition) is 4. The number of fused-ring (bicyclic) bond motifs is 2. The van der Waals surface area contributed by atoms with Gasteiger partial charge in [0.05, 0.1) is 4.90 Å². The minimum absolute atomic E-state index is 0.337. The Balaban J connectivity index is 1.36. The Morgan fingerprint density at radius 2 is 1.41 bits per heavy atom. The van der Waals surface area contributed by atoms with Crippen molar-refractivity contribution in [1.29, 1.82) is 0 Å². The van der Waals surface area contributed by atoms with E-state index in [0.29, 0.717) is 30.1 Å². The molecule has 5 nitrogen and oxygen atoms in total. The highest BCUT2D eigenvalue weighted by Gasteiger charge is 2.37. The first-order valence-corrected chi connectivity index (χ1v) is 12.7. The van der Waals surface area contributed by atoms with Crippen LogP contribution in [0.15, 0.2) is 89.8 Å². The SMILES string of the molecule is O=S(=O)(c1ccc(CN2CC3CC2CN3)cc1)N(Cc1ccccc1)Cc1ccccc1. The lowest BCUT2D eigenvalue weighted by molar-refractivity contribution is 0.218. The highest BCUT2D eigenvalue weighted by Crippen LogP contribution is 2.26. The summed E-state index contributed by atoms with van der Waals surface area (Å²) in [5.74, 6) is 0. The average Bonchev–Trinajstić information content (AvgIpc) is 3.44. The first-order chi connectivity index (χ1) is 15.6. The lowest BCUT2D eigenvalue weighted by atomic mass is 10.2. The summed E-state index contributed by atoms with van der Waals surface area (Å²) >= 11 is 0. The third-order valence-corrected chi connectivity index (χ3v) is 8.33. The van der Waals surface area contributed by atoms with E-state index in [9.17, 15) is 8.42 Å². The molecule has 166 valence electrons. The van der Waals surface area contributed by atoms with Gasteiger partial charge in [-0.05, 0) is 35.2 Å². The molecule has 2 unspecified atom stereocenters. The molecule has 0 aromatic heterocycles. The number of rotatable bonds is 8. The van der Waals surface area contributed by atoms with Gasteiger partial charge >= 0.3 is 0 Å². The molecule has 2 heterocycles. The number of nitrogens with one attached hydrogen (secondary N) is 1. The molecule has 2 aliphatic heterocycles. The van der Waals surface area contributed by atoms with Gasteiger partial charge < -0.3 is 5.32 Å². The van der Waals surface area contributed by atoms with E-state index in [4.69, 9.17) is 0 Å². The molecule has 2 fully saturated rings. The van der Waals surface area contributed by atoms with Crippen LogP contribution in [0.3, 0.4) is 0 Å². The molecule has 0 spiro atoms. The van der Waals surface area contributed by atoms with Crippen LogP contribution >= 0.6 is 0 Å². The summed E-state index contributed by atoms with van der Waals surface area (Å²) < 4.78 is 28.8. The molecule has 1 N–H and O–H groups in total. The highest BCUT2D eigenvalue weighted by atomic mass is 32.2. The maximum absolute atomic E-state index is 13.6. The molecule has 0 amide bonds. The third kappa shape index (κ3) is 4.64. The van der Waals surface area contributed by atoms with Crippen LogP contribution in [-0.4, -0.2) is 42.8 Å². The van der Waals surface area contributed by atoms with Crippen LogP contribution in [0.5, 0.6) is 0 Å². The standard InChI is InChI=1S/C26H29N3O2S/c30-32(31,26-13-11-23(12-14-26)17-28-20-24-15-25(28)16-27-24)29(18-21-7-3-1-4-8-21)19-22-9-5-2-6-10-22/h1-14,24-25,27H,15-20H2. The maximum atomic E-state index is 13.6. The van der Waals surface area contributed by atoms with Gasteiger partial charge in [0, 0.05) is 44.8 Å². The molecule has 3 aromatic rings. The van der Waals surface area contributed by atoms with Gasteiger partial charge in [-0.2, -0.15) is 4.31 Å². The minimum atomic E-state index is -3.64. The Morgan fingerprint density at radius 3 is 1.91 bits per heavy atom. The Kier molecular flexibility index (Phi) is 6.11. The summed E-state index contributed by atoms with van der Waals surface area (Å²) in [6.45, 7) is 3.69. The zero-order valence-corrected chi connectivity index (χ0v) is 18.9. The van der Waals surface area contributed by atoms with Crippen molar-refractivity contribution in [1.82, 2.24) is 14.5 Å². The van der Waals surface area contributed by atoms with Gasteiger partial charge in [0.25, 0.3) is 0 Å². The molecule has 5 rings (SSSR count). The minimum Gasteiger partial charge on any atom is -0.311 e. The Hall–Kier alpha value is -2.51. The molecule has 0 aliphatic carbocycles. The van der Waals surface area contributed by atoms with Gasteiger partial charge in [0.2, 0.25) is 10.0 Å². The zero-order chi connectivity index (χ0) is 22.0. The molecular weight excluding hydrogens is 418 g/mol. The van der Waals surface area contributed by atoms with Crippen molar-refractivity contribution >= 4 is 10.0 Å². The average molecular weight is 448 g/mol. The van der Waals surface area contributed by atoms with Crippen LogP contribution < -0.4 is 5.32 Å².